The van der Waals surface area contributed by atoms with Crippen LogP contribution in [0.1, 0.15) is 135 Å². The van der Waals surface area contributed by atoms with E-state index in [9.17, 15) is 4.79 Å². The molecule has 0 bridgehead atoms. The first-order chi connectivity index (χ1) is 16.3. The summed E-state index contributed by atoms with van der Waals surface area (Å²) in [5.74, 6) is 0.392. The molecule has 0 rings (SSSR count). The molecule has 0 aromatic carbocycles. The Morgan fingerprint density at radius 1 is 0.606 bits per heavy atom. The van der Waals surface area contributed by atoms with Gasteiger partial charge in [0.2, 0.25) is 0 Å². The fourth-order valence-corrected chi connectivity index (χ4v) is 4.38. The number of carbonyl (C=O) groups excluding carboxylic acids is 1. The molecule has 0 aliphatic carbocycles. The van der Waals surface area contributed by atoms with Crippen LogP contribution in [0.25, 0.3) is 0 Å². The molecule has 6 N–H and O–H groups in total. The summed E-state index contributed by atoms with van der Waals surface area (Å²) in [5.41, 5.74) is 11.1. The van der Waals surface area contributed by atoms with Crippen LogP contribution >= 0.6 is 0 Å². The van der Waals surface area contributed by atoms with Crippen molar-refractivity contribution in [1.29, 1.82) is 0 Å². The number of nitrogens with two attached hydrogens (primary N) is 2. The summed E-state index contributed by atoms with van der Waals surface area (Å²) in [6, 6.07) is -0.000460. The maximum absolute atomic E-state index is 12.7. The zero-order valence-electron chi connectivity index (χ0n) is 22.3. The topological polar surface area (TPSA) is 93.2 Å². The van der Waals surface area contributed by atoms with E-state index in [1.165, 1.54) is 89.9 Å². The van der Waals surface area contributed by atoms with Gasteiger partial charge in [-0.25, -0.2) is 0 Å². The number of nitrogens with one attached hydrogen (secondary N) is 2. The van der Waals surface area contributed by atoms with Crippen LogP contribution in [-0.2, 0) is 4.79 Å². The van der Waals surface area contributed by atoms with Crippen molar-refractivity contribution in [1.82, 2.24) is 10.6 Å². The highest BCUT2D eigenvalue weighted by Crippen LogP contribution is 2.14. The van der Waals surface area contributed by atoms with E-state index in [0.717, 1.165) is 64.7 Å². The number of unbranched alkanes of at least 4 members (excludes halogenated alkanes) is 14. The largest absolute Gasteiger partial charge is 0.330 e. The Morgan fingerprint density at radius 2 is 1.06 bits per heavy atom. The Labute approximate surface area is 207 Å². The molecule has 0 aliphatic heterocycles. The van der Waals surface area contributed by atoms with Gasteiger partial charge in [-0.15, -0.1) is 0 Å². The molecule has 0 aromatic heterocycles. The van der Waals surface area contributed by atoms with Crippen molar-refractivity contribution in [2.45, 2.75) is 141 Å². The average molecular weight is 469 g/mol. The first-order valence-electron chi connectivity index (χ1n) is 14.6. The minimum absolute atomic E-state index is 0.000460. The highest BCUT2D eigenvalue weighted by Gasteiger charge is 2.16. The molecular weight excluding hydrogens is 408 g/mol. The Hall–Kier alpha value is -0.490. The Morgan fingerprint density at radius 3 is 1.58 bits per heavy atom. The van der Waals surface area contributed by atoms with Crippen LogP contribution in [0.2, 0.25) is 0 Å². The molecule has 1 atom stereocenters. The number of rotatable bonds is 28. The van der Waals surface area contributed by atoms with Crippen LogP contribution in [-0.4, -0.2) is 44.5 Å². The summed E-state index contributed by atoms with van der Waals surface area (Å²) in [7, 11) is 0. The van der Waals surface area contributed by atoms with Gasteiger partial charge in [0.25, 0.3) is 0 Å². The fourth-order valence-electron chi connectivity index (χ4n) is 4.38. The first-order valence-corrected chi connectivity index (χ1v) is 14.6. The van der Waals surface area contributed by atoms with E-state index in [2.05, 4.69) is 17.6 Å². The standard InChI is InChI=1S/C28H60N4O/c1-2-3-4-5-6-7-8-9-10-11-12-13-14-15-16-21-28(33)27(32-26-19-23-30)20-17-24-31-25-18-22-29/h27,31-32H,2-26,29-30H2,1H3. The molecule has 5 heteroatoms. The molecule has 1 unspecified atom stereocenters. The third kappa shape index (κ3) is 24.4. The second kappa shape index (κ2) is 27.8. The SMILES string of the molecule is CCCCCCCCCCCCCCCCCC(=O)C(CCCNCCCN)NCCCN. The molecule has 0 amide bonds. The summed E-state index contributed by atoms with van der Waals surface area (Å²) < 4.78 is 0. The lowest BCUT2D eigenvalue weighted by Gasteiger charge is -2.18. The predicted molar refractivity (Wildman–Crippen MR) is 146 cm³/mol. The van der Waals surface area contributed by atoms with Crippen LogP contribution in [0.15, 0.2) is 0 Å². The second-order valence-electron chi connectivity index (χ2n) is 9.85. The number of hydrogen-bond acceptors (Lipinski definition) is 5. The zero-order valence-corrected chi connectivity index (χ0v) is 22.3. The molecule has 0 radical (unpaired) electrons. The summed E-state index contributed by atoms with van der Waals surface area (Å²) >= 11 is 0. The number of ketones is 1. The van der Waals surface area contributed by atoms with Crippen LogP contribution in [0.5, 0.6) is 0 Å². The predicted octanol–water partition coefficient (Wildman–Crippen LogP) is 5.84. The van der Waals surface area contributed by atoms with Gasteiger partial charge >= 0.3 is 0 Å². The van der Waals surface area contributed by atoms with E-state index in [1.54, 1.807) is 0 Å². The van der Waals surface area contributed by atoms with Crippen LogP contribution in [0.3, 0.4) is 0 Å². The van der Waals surface area contributed by atoms with Crippen molar-refractivity contribution in [2.75, 3.05) is 32.7 Å². The monoisotopic (exact) mass is 468 g/mol. The van der Waals surface area contributed by atoms with Crippen molar-refractivity contribution in [2.24, 2.45) is 11.5 Å². The minimum atomic E-state index is -0.000460. The van der Waals surface area contributed by atoms with Crippen LogP contribution in [0, 0.1) is 0 Å². The maximum Gasteiger partial charge on any atom is 0.149 e. The summed E-state index contributed by atoms with van der Waals surface area (Å²) in [6.45, 7) is 6.45. The maximum atomic E-state index is 12.7. The van der Waals surface area contributed by atoms with Gasteiger partial charge in [0, 0.05) is 6.42 Å². The van der Waals surface area contributed by atoms with E-state index < -0.39 is 0 Å². The zero-order chi connectivity index (χ0) is 24.2. The smallest absolute Gasteiger partial charge is 0.149 e. The third-order valence-corrected chi connectivity index (χ3v) is 6.59. The van der Waals surface area contributed by atoms with Gasteiger partial charge in [0.1, 0.15) is 5.78 Å². The molecule has 0 heterocycles. The summed E-state index contributed by atoms with van der Waals surface area (Å²) in [4.78, 5) is 12.7. The highest BCUT2D eigenvalue weighted by atomic mass is 16.1. The molecule has 0 fully saturated rings. The van der Waals surface area contributed by atoms with E-state index in [-0.39, 0.29) is 6.04 Å². The van der Waals surface area contributed by atoms with E-state index in [4.69, 9.17) is 11.5 Å². The van der Waals surface area contributed by atoms with E-state index in [1.807, 2.05) is 0 Å². The normalized spacial score (nSPS) is 12.3. The van der Waals surface area contributed by atoms with Crippen molar-refractivity contribution < 1.29 is 4.79 Å². The minimum Gasteiger partial charge on any atom is -0.330 e. The summed E-state index contributed by atoms with van der Waals surface area (Å²) in [5, 5.41) is 6.86. The molecule has 0 aliphatic rings. The van der Waals surface area contributed by atoms with E-state index in [0.29, 0.717) is 12.3 Å². The molecule has 0 aromatic rings. The fraction of sp³-hybridized carbons (Fsp3) is 0.964. The van der Waals surface area contributed by atoms with Crippen molar-refractivity contribution in [3.63, 3.8) is 0 Å². The van der Waals surface area contributed by atoms with Crippen LogP contribution < -0.4 is 22.1 Å². The van der Waals surface area contributed by atoms with Gasteiger partial charge in [-0.1, -0.05) is 96.8 Å². The lowest BCUT2D eigenvalue weighted by Crippen LogP contribution is -2.38. The van der Waals surface area contributed by atoms with Gasteiger partial charge in [-0.05, 0) is 64.8 Å². The Kier molecular flexibility index (Phi) is 27.3. The number of carbonyl (C=O) groups is 1. The highest BCUT2D eigenvalue weighted by molar-refractivity contribution is 5.83. The van der Waals surface area contributed by atoms with Crippen LogP contribution in [0.4, 0.5) is 0 Å². The molecular formula is C28H60N4O. The number of hydrogen-bond donors (Lipinski definition) is 4. The molecule has 198 valence electrons. The van der Waals surface area contributed by atoms with Crippen molar-refractivity contribution in [3.05, 3.63) is 0 Å². The van der Waals surface area contributed by atoms with Gasteiger partial charge in [-0.3, -0.25) is 4.79 Å². The Bertz CT molecular complexity index is 392. The molecule has 5 nitrogen and oxygen atoms in total. The van der Waals surface area contributed by atoms with Gasteiger partial charge in [0.05, 0.1) is 6.04 Å². The molecule has 0 saturated heterocycles. The Balaban J connectivity index is 3.65. The van der Waals surface area contributed by atoms with Gasteiger partial charge in [0.15, 0.2) is 0 Å². The van der Waals surface area contributed by atoms with Crippen molar-refractivity contribution >= 4 is 5.78 Å². The lowest BCUT2D eigenvalue weighted by atomic mass is 10.00. The number of Topliss-reactive ketones (excluding diaryl/α,β-unsaturated/α-hetero) is 1. The first kappa shape index (κ1) is 32.5. The van der Waals surface area contributed by atoms with E-state index >= 15 is 0 Å². The second-order valence-corrected chi connectivity index (χ2v) is 9.85. The van der Waals surface area contributed by atoms with Crippen molar-refractivity contribution in [3.8, 4) is 0 Å². The quantitative estimate of drug-likeness (QED) is 0.108. The average Bonchev–Trinajstić information content (AvgIpc) is 2.82. The third-order valence-electron chi connectivity index (χ3n) is 6.59. The summed E-state index contributed by atoms with van der Waals surface area (Å²) in [6.07, 6.45) is 25.0. The molecule has 0 spiro atoms. The lowest BCUT2D eigenvalue weighted by molar-refractivity contribution is -0.121. The van der Waals surface area contributed by atoms with Gasteiger partial charge in [-0.2, -0.15) is 0 Å². The molecule has 0 saturated carbocycles. The molecule has 33 heavy (non-hydrogen) atoms. The van der Waals surface area contributed by atoms with Gasteiger partial charge < -0.3 is 22.1 Å².